The van der Waals surface area contributed by atoms with Crippen molar-refractivity contribution in [1.82, 2.24) is 15.1 Å². The van der Waals surface area contributed by atoms with Gasteiger partial charge in [0.25, 0.3) is 0 Å². The van der Waals surface area contributed by atoms with E-state index in [1.807, 2.05) is 36.4 Å². The van der Waals surface area contributed by atoms with Crippen LogP contribution in [0.15, 0.2) is 48.5 Å². The van der Waals surface area contributed by atoms with Crippen molar-refractivity contribution in [1.29, 1.82) is 0 Å². The molecule has 0 spiro atoms. The monoisotopic (exact) mass is 500 g/mol. The Morgan fingerprint density at radius 2 is 1.83 bits per heavy atom. The number of carbonyl (C=O) groups is 3. The van der Waals surface area contributed by atoms with E-state index in [-0.39, 0.29) is 26.1 Å². The minimum absolute atomic E-state index is 0.0812. The Kier molecular flexibility index (Phi) is 7.97. The third-order valence-corrected chi connectivity index (χ3v) is 6.00. The number of amides is 4. The molecule has 2 N–H and O–H groups in total. The summed E-state index contributed by atoms with van der Waals surface area (Å²) in [6.45, 7) is 2.79. The number of halogens is 1. The van der Waals surface area contributed by atoms with Crippen molar-refractivity contribution in [2.75, 3.05) is 25.1 Å². The van der Waals surface area contributed by atoms with Gasteiger partial charge in [-0.2, -0.15) is 0 Å². The zero-order valence-electron chi connectivity index (χ0n) is 19.5. The van der Waals surface area contributed by atoms with Gasteiger partial charge in [-0.25, -0.2) is 14.5 Å². The molecule has 10 heteroatoms. The summed E-state index contributed by atoms with van der Waals surface area (Å²) in [5.74, 6) is 0.959. The highest BCUT2D eigenvalue weighted by Gasteiger charge is 2.38. The second kappa shape index (κ2) is 11.3. The van der Waals surface area contributed by atoms with Gasteiger partial charge in [0.05, 0.1) is 26.2 Å². The van der Waals surface area contributed by atoms with Crippen molar-refractivity contribution in [3.05, 3.63) is 59.1 Å². The van der Waals surface area contributed by atoms with Crippen LogP contribution in [0, 0.1) is 5.92 Å². The van der Waals surface area contributed by atoms with Gasteiger partial charge in [-0.1, -0.05) is 23.7 Å². The molecule has 9 nitrogen and oxygen atoms in total. The Bertz CT molecular complexity index is 1040. The van der Waals surface area contributed by atoms with E-state index in [1.165, 1.54) is 17.7 Å². The fourth-order valence-electron chi connectivity index (χ4n) is 3.62. The van der Waals surface area contributed by atoms with E-state index in [0.29, 0.717) is 16.6 Å². The van der Waals surface area contributed by atoms with Gasteiger partial charge >= 0.3 is 18.0 Å². The Morgan fingerprint density at radius 3 is 2.49 bits per heavy atom. The number of rotatable bonds is 11. The predicted octanol–water partition coefficient (Wildman–Crippen LogP) is 4.42. The van der Waals surface area contributed by atoms with Crippen LogP contribution in [0.2, 0.25) is 5.02 Å². The van der Waals surface area contributed by atoms with Crippen molar-refractivity contribution in [2.45, 2.75) is 39.0 Å². The van der Waals surface area contributed by atoms with E-state index in [2.05, 4.69) is 10.6 Å². The number of anilines is 1. The van der Waals surface area contributed by atoms with Gasteiger partial charge in [-0.05, 0) is 67.6 Å². The summed E-state index contributed by atoms with van der Waals surface area (Å²) in [7, 11) is 0. The van der Waals surface area contributed by atoms with Crippen LogP contribution in [0.25, 0.3) is 0 Å². The standard InChI is InChI=1S/C25H29ClN4O5/c1-2-34-22(31)13-14-29-24(32)28-23(30(25(29)33)15-17-5-7-19(26)8-6-17)27-20-9-11-21(12-10-20)35-16-18-3-4-18/h5-12,18,23,27H,2-4,13-16H2,1H3,(H,28,32). The van der Waals surface area contributed by atoms with Crippen LogP contribution in [0.3, 0.4) is 0 Å². The van der Waals surface area contributed by atoms with E-state index >= 15 is 0 Å². The van der Waals surface area contributed by atoms with Gasteiger partial charge in [-0.15, -0.1) is 0 Å². The number of esters is 1. The van der Waals surface area contributed by atoms with Crippen LogP contribution in [-0.4, -0.2) is 53.9 Å². The Hall–Kier alpha value is -3.46. The lowest BCUT2D eigenvalue weighted by Crippen LogP contribution is -2.67. The zero-order valence-corrected chi connectivity index (χ0v) is 20.3. The molecule has 4 rings (SSSR count). The fourth-order valence-corrected chi connectivity index (χ4v) is 3.75. The third kappa shape index (κ3) is 6.79. The van der Waals surface area contributed by atoms with Crippen LogP contribution in [0.5, 0.6) is 5.75 Å². The molecule has 2 aliphatic rings. The number of hydrogen-bond acceptors (Lipinski definition) is 6. The number of hydrogen-bond donors (Lipinski definition) is 2. The van der Waals surface area contributed by atoms with E-state index in [9.17, 15) is 14.4 Å². The molecule has 1 unspecified atom stereocenters. The van der Waals surface area contributed by atoms with E-state index in [0.717, 1.165) is 22.8 Å². The lowest BCUT2D eigenvalue weighted by atomic mass is 10.2. The van der Waals surface area contributed by atoms with Gasteiger partial charge in [0, 0.05) is 17.3 Å². The molecule has 0 aromatic heterocycles. The van der Waals surface area contributed by atoms with Crippen LogP contribution in [-0.2, 0) is 16.1 Å². The summed E-state index contributed by atoms with van der Waals surface area (Å²) < 4.78 is 10.7. The molecule has 0 bridgehead atoms. The number of nitrogens with zero attached hydrogens (tertiary/aromatic N) is 2. The van der Waals surface area contributed by atoms with Crippen LogP contribution < -0.4 is 15.4 Å². The second-order valence-electron chi connectivity index (χ2n) is 8.52. The summed E-state index contributed by atoms with van der Waals surface area (Å²) in [6, 6.07) is 13.4. The molecule has 1 atom stereocenters. The van der Waals surface area contributed by atoms with Crippen molar-refractivity contribution >= 4 is 35.3 Å². The van der Waals surface area contributed by atoms with Crippen molar-refractivity contribution < 1.29 is 23.9 Å². The minimum Gasteiger partial charge on any atom is -0.493 e. The van der Waals surface area contributed by atoms with Gasteiger partial charge in [-0.3, -0.25) is 15.0 Å². The van der Waals surface area contributed by atoms with Crippen molar-refractivity contribution in [3.8, 4) is 5.75 Å². The third-order valence-electron chi connectivity index (χ3n) is 5.74. The minimum atomic E-state index is -0.803. The normalized spacial score (nSPS) is 17.7. The SMILES string of the molecule is CCOC(=O)CCN1C(=O)NC(Nc2ccc(OCC3CC3)cc2)N(Cc2ccc(Cl)cc2)C1=O. The first-order valence-electron chi connectivity index (χ1n) is 11.7. The van der Waals surface area contributed by atoms with E-state index in [1.54, 1.807) is 19.1 Å². The maximum Gasteiger partial charge on any atom is 0.331 e. The van der Waals surface area contributed by atoms with Crippen LogP contribution in [0.4, 0.5) is 15.3 Å². The molecule has 2 fully saturated rings. The molecular weight excluding hydrogens is 472 g/mol. The Morgan fingerprint density at radius 1 is 1.11 bits per heavy atom. The molecule has 2 aromatic carbocycles. The fraction of sp³-hybridized carbons (Fsp3) is 0.400. The van der Waals surface area contributed by atoms with Gasteiger partial charge in [0.15, 0.2) is 6.29 Å². The summed E-state index contributed by atoms with van der Waals surface area (Å²) in [5.41, 5.74) is 1.54. The van der Waals surface area contributed by atoms with Crippen molar-refractivity contribution in [2.24, 2.45) is 5.92 Å². The second-order valence-corrected chi connectivity index (χ2v) is 8.96. The molecule has 1 heterocycles. The molecule has 186 valence electrons. The highest BCUT2D eigenvalue weighted by molar-refractivity contribution is 6.30. The molecule has 0 radical (unpaired) electrons. The summed E-state index contributed by atoms with van der Waals surface area (Å²) in [5, 5.41) is 6.61. The van der Waals surface area contributed by atoms with Crippen LogP contribution >= 0.6 is 11.6 Å². The summed E-state index contributed by atoms with van der Waals surface area (Å²) >= 11 is 6.00. The molecule has 4 amide bonds. The molecule has 1 saturated carbocycles. The predicted molar refractivity (Wildman–Crippen MR) is 131 cm³/mol. The summed E-state index contributed by atoms with van der Waals surface area (Å²) in [4.78, 5) is 40.4. The maximum absolute atomic E-state index is 13.3. The van der Waals surface area contributed by atoms with Crippen molar-refractivity contribution in [3.63, 3.8) is 0 Å². The maximum atomic E-state index is 13.3. The lowest BCUT2D eigenvalue weighted by molar-refractivity contribution is -0.143. The van der Waals surface area contributed by atoms with E-state index in [4.69, 9.17) is 21.1 Å². The number of urea groups is 2. The summed E-state index contributed by atoms with van der Waals surface area (Å²) in [6.07, 6.45) is 1.55. The number of nitrogens with one attached hydrogen (secondary N) is 2. The molecule has 1 aliphatic heterocycles. The number of imide groups is 1. The molecule has 2 aromatic rings. The van der Waals surface area contributed by atoms with Gasteiger partial charge in [0.1, 0.15) is 5.75 Å². The number of benzene rings is 2. The van der Waals surface area contributed by atoms with Gasteiger partial charge < -0.3 is 14.8 Å². The molecule has 35 heavy (non-hydrogen) atoms. The first-order chi connectivity index (χ1) is 16.9. The largest absolute Gasteiger partial charge is 0.493 e. The first kappa shape index (κ1) is 24.7. The highest BCUT2D eigenvalue weighted by Crippen LogP contribution is 2.30. The quantitative estimate of drug-likeness (QED) is 0.443. The van der Waals surface area contributed by atoms with E-state index < -0.39 is 24.3 Å². The molecule has 1 saturated heterocycles. The van der Waals surface area contributed by atoms with Gasteiger partial charge in [0.2, 0.25) is 0 Å². The smallest absolute Gasteiger partial charge is 0.331 e. The zero-order chi connectivity index (χ0) is 24.8. The molecular formula is C25H29ClN4O5. The Labute approximate surface area is 209 Å². The lowest BCUT2D eigenvalue weighted by Gasteiger charge is -2.41. The molecule has 1 aliphatic carbocycles. The average Bonchev–Trinajstić information content (AvgIpc) is 3.67. The number of carbonyl (C=O) groups excluding carboxylic acids is 3. The number of ether oxygens (including phenoxy) is 2. The highest BCUT2D eigenvalue weighted by atomic mass is 35.5. The van der Waals surface area contributed by atoms with Crippen LogP contribution in [0.1, 0.15) is 31.7 Å². The topological polar surface area (TPSA) is 100 Å². The first-order valence-corrected chi connectivity index (χ1v) is 12.1. The Balaban J connectivity index is 1.47. The average molecular weight is 501 g/mol.